The van der Waals surface area contributed by atoms with Crippen molar-refractivity contribution in [2.24, 2.45) is 0 Å². The first-order valence-corrected chi connectivity index (χ1v) is 7.75. The summed E-state index contributed by atoms with van der Waals surface area (Å²) in [7, 11) is 1.66. The van der Waals surface area contributed by atoms with E-state index in [-0.39, 0.29) is 0 Å². The third-order valence-electron chi connectivity index (χ3n) is 4.05. The third kappa shape index (κ3) is 4.05. The first kappa shape index (κ1) is 15.0. The van der Waals surface area contributed by atoms with Gasteiger partial charge in [-0.15, -0.1) is 0 Å². The van der Waals surface area contributed by atoms with Gasteiger partial charge < -0.3 is 4.74 Å². The third-order valence-corrected chi connectivity index (χ3v) is 4.05. The van der Waals surface area contributed by atoms with E-state index in [0.29, 0.717) is 5.88 Å². The zero-order valence-electron chi connectivity index (χ0n) is 13.1. The first-order chi connectivity index (χ1) is 10.8. The van der Waals surface area contributed by atoms with Gasteiger partial charge in [0.05, 0.1) is 19.3 Å². The van der Waals surface area contributed by atoms with E-state index in [0.717, 1.165) is 51.5 Å². The summed E-state index contributed by atoms with van der Waals surface area (Å²) in [4.78, 5) is 9.43. The summed E-state index contributed by atoms with van der Waals surface area (Å²) < 4.78 is 7.17. The van der Waals surface area contributed by atoms with Gasteiger partial charge in [-0.1, -0.05) is 6.07 Å². The number of nitrogens with zero attached hydrogens (tertiary/aromatic N) is 5. The van der Waals surface area contributed by atoms with Crippen LogP contribution >= 0.6 is 0 Å². The van der Waals surface area contributed by atoms with E-state index in [1.165, 1.54) is 0 Å². The second kappa shape index (κ2) is 7.38. The van der Waals surface area contributed by atoms with Crippen molar-refractivity contribution < 1.29 is 4.74 Å². The molecule has 0 saturated carbocycles. The highest BCUT2D eigenvalue weighted by atomic mass is 16.5. The first-order valence-electron chi connectivity index (χ1n) is 7.75. The molecule has 0 unspecified atom stereocenters. The zero-order valence-corrected chi connectivity index (χ0v) is 13.1. The molecule has 0 amide bonds. The molecule has 3 rings (SSSR count). The molecular formula is C16H23N5O. The molecule has 1 aliphatic rings. The van der Waals surface area contributed by atoms with Gasteiger partial charge in [0.25, 0.3) is 0 Å². The lowest BCUT2D eigenvalue weighted by atomic mass is 10.2. The fourth-order valence-electron chi connectivity index (χ4n) is 2.74. The molecule has 1 aliphatic heterocycles. The Morgan fingerprint density at radius 2 is 1.86 bits per heavy atom. The van der Waals surface area contributed by atoms with Crippen LogP contribution in [-0.4, -0.2) is 64.4 Å². The number of rotatable bonds is 6. The number of piperazine rings is 1. The summed E-state index contributed by atoms with van der Waals surface area (Å²) in [5.74, 6) is 0.690. The molecule has 0 aliphatic carbocycles. The van der Waals surface area contributed by atoms with Crippen molar-refractivity contribution in [3.8, 4) is 5.88 Å². The molecule has 6 heteroatoms. The van der Waals surface area contributed by atoms with Crippen molar-refractivity contribution in [2.45, 2.75) is 13.1 Å². The van der Waals surface area contributed by atoms with E-state index in [2.05, 4.69) is 25.9 Å². The van der Waals surface area contributed by atoms with Gasteiger partial charge in [0.15, 0.2) is 0 Å². The van der Waals surface area contributed by atoms with Gasteiger partial charge in [-0.3, -0.25) is 14.5 Å². The normalized spacial score (nSPS) is 16.8. The van der Waals surface area contributed by atoms with E-state index in [9.17, 15) is 0 Å². The van der Waals surface area contributed by atoms with Crippen LogP contribution in [0.4, 0.5) is 0 Å². The number of hydrogen-bond acceptors (Lipinski definition) is 5. The quantitative estimate of drug-likeness (QED) is 0.800. The molecule has 0 radical (unpaired) electrons. The van der Waals surface area contributed by atoms with Gasteiger partial charge in [0.1, 0.15) is 0 Å². The number of hydrogen-bond donors (Lipinski definition) is 0. The molecule has 2 aromatic rings. The molecule has 1 fully saturated rings. The zero-order chi connectivity index (χ0) is 15.2. The molecule has 0 atom stereocenters. The van der Waals surface area contributed by atoms with Crippen molar-refractivity contribution in [3.05, 3.63) is 42.4 Å². The van der Waals surface area contributed by atoms with Crippen LogP contribution in [0.5, 0.6) is 5.88 Å². The van der Waals surface area contributed by atoms with Crippen LogP contribution in [-0.2, 0) is 13.1 Å². The average Bonchev–Trinajstić information content (AvgIpc) is 3.08. The molecule has 0 N–H and O–H groups in total. The maximum atomic E-state index is 5.18. The second-order valence-corrected chi connectivity index (χ2v) is 5.56. The topological polar surface area (TPSA) is 46.4 Å². The number of aromatic nitrogens is 3. The van der Waals surface area contributed by atoms with E-state index in [4.69, 9.17) is 4.74 Å². The van der Waals surface area contributed by atoms with Gasteiger partial charge in [-0.05, 0) is 12.1 Å². The second-order valence-electron chi connectivity index (χ2n) is 5.56. The summed E-state index contributed by atoms with van der Waals surface area (Å²) in [6, 6.07) is 7.92. The van der Waals surface area contributed by atoms with Crippen LogP contribution in [0.3, 0.4) is 0 Å². The lowest BCUT2D eigenvalue weighted by Crippen LogP contribution is -2.46. The Kier molecular flexibility index (Phi) is 5.03. The molecule has 22 heavy (non-hydrogen) atoms. The summed E-state index contributed by atoms with van der Waals surface area (Å²) in [6.45, 7) is 7.29. The minimum atomic E-state index is 0.690. The summed E-state index contributed by atoms with van der Waals surface area (Å²) >= 11 is 0. The number of pyridine rings is 1. The molecule has 3 heterocycles. The highest BCUT2D eigenvalue weighted by Crippen LogP contribution is 2.11. The van der Waals surface area contributed by atoms with Crippen LogP contribution in [0, 0.1) is 0 Å². The standard InChI is InChI=1S/C16H23N5O/c1-22-16-5-2-4-15(18-16)14-20-10-8-19(9-11-20)12-13-21-7-3-6-17-21/h2-7H,8-14H2,1H3. The summed E-state index contributed by atoms with van der Waals surface area (Å²) in [5, 5.41) is 4.25. The van der Waals surface area contributed by atoms with E-state index in [1.807, 2.05) is 35.3 Å². The molecule has 2 aromatic heterocycles. The van der Waals surface area contributed by atoms with Crippen LogP contribution in [0.15, 0.2) is 36.7 Å². The fraction of sp³-hybridized carbons (Fsp3) is 0.500. The molecular weight excluding hydrogens is 278 g/mol. The van der Waals surface area contributed by atoms with Crippen molar-refractivity contribution in [1.29, 1.82) is 0 Å². The lowest BCUT2D eigenvalue weighted by molar-refractivity contribution is 0.122. The molecule has 118 valence electrons. The molecule has 0 bridgehead atoms. The predicted molar refractivity (Wildman–Crippen MR) is 84.7 cm³/mol. The lowest BCUT2D eigenvalue weighted by Gasteiger charge is -2.34. The molecule has 0 aromatic carbocycles. The fourth-order valence-corrected chi connectivity index (χ4v) is 2.74. The Hall–Kier alpha value is -1.92. The van der Waals surface area contributed by atoms with E-state index >= 15 is 0 Å². The van der Waals surface area contributed by atoms with Crippen molar-refractivity contribution >= 4 is 0 Å². The molecule has 6 nitrogen and oxygen atoms in total. The Morgan fingerprint density at radius 1 is 1.05 bits per heavy atom. The summed E-state index contributed by atoms with van der Waals surface area (Å²) in [6.07, 6.45) is 3.85. The Balaban J connectivity index is 1.43. The maximum Gasteiger partial charge on any atom is 0.213 e. The number of ether oxygens (including phenoxy) is 1. The average molecular weight is 301 g/mol. The van der Waals surface area contributed by atoms with Crippen LogP contribution < -0.4 is 4.74 Å². The van der Waals surface area contributed by atoms with Crippen LogP contribution in [0.25, 0.3) is 0 Å². The minimum absolute atomic E-state index is 0.690. The largest absolute Gasteiger partial charge is 0.481 e. The van der Waals surface area contributed by atoms with Gasteiger partial charge in [0, 0.05) is 57.7 Å². The highest BCUT2D eigenvalue weighted by Gasteiger charge is 2.17. The highest BCUT2D eigenvalue weighted by molar-refractivity contribution is 5.15. The van der Waals surface area contributed by atoms with E-state index in [1.54, 1.807) is 7.11 Å². The predicted octanol–water partition coefficient (Wildman–Crippen LogP) is 1.10. The van der Waals surface area contributed by atoms with Crippen molar-refractivity contribution in [1.82, 2.24) is 24.6 Å². The van der Waals surface area contributed by atoms with Crippen LogP contribution in [0.2, 0.25) is 0 Å². The number of methoxy groups -OCH3 is 1. The van der Waals surface area contributed by atoms with Gasteiger partial charge in [0.2, 0.25) is 5.88 Å². The smallest absolute Gasteiger partial charge is 0.213 e. The van der Waals surface area contributed by atoms with Gasteiger partial charge in [-0.25, -0.2) is 4.98 Å². The molecule has 1 saturated heterocycles. The van der Waals surface area contributed by atoms with Crippen molar-refractivity contribution in [3.63, 3.8) is 0 Å². The van der Waals surface area contributed by atoms with Crippen molar-refractivity contribution in [2.75, 3.05) is 39.8 Å². The monoisotopic (exact) mass is 301 g/mol. The Morgan fingerprint density at radius 3 is 2.59 bits per heavy atom. The maximum absolute atomic E-state index is 5.18. The van der Waals surface area contributed by atoms with Gasteiger partial charge >= 0.3 is 0 Å². The SMILES string of the molecule is COc1cccc(CN2CCN(CCn3cccn3)CC2)n1. The Labute approximate surface area is 131 Å². The summed E-state index contributed by atoms with van der Waals surface area (Å²) in [5.41, 5.74) is 1.07. The van der Waals surface area contributed by atoms with E-state index < -0.39 is 0 Å². The minimum Gasteiger partial charge on any atom is -0.481 e. The molecule has 0 spiro atoms. The van der Waals surface area contributed by atoms with Gasteiger partial charge in [-0.2, -0.15) is 5.10 Å². The Bertz CT molecular complexity index is 564. The van der Waals surface area contributed by atoms with Crippen LogP contribution in [0.1, 0.15) is 5.69 Å².